The smallest absolute Gasteiger partial charge is 0.355 e. The maximum atomic E-state index is 12.6. The van der Waals surface area contributed by atoms with E-state index in [2.05, 4.69) is 4.98 Å². The van der Waals surface area contributed by atoms with Crippen molar-refractivity contribution in [2.24, 2.45) is 5.92 Å². The summed E-state index contributed by atoms with van der Waals surface area (Å²) < 4.78 is 31.4. The second kappa shape index (κ2) is 5.78. The van der Waals surface area contributed by atoms with E-state index in [0.717, 1.165) is 0 Å². The number of nitrogens with zero attached hydrogens (tertiary/aromatic N) is 1. The molecule has 0 unspecified atom stereocenters. The van der Waals surface area contributed by atoms with Gasteiger partial charge in [-0.15, -0.1) is 0 Å². The molecule has 2 rings (SSSR count). The van der Waals surface area contributed by atoms with Crippen molar-refractivity contribution in [3.8, 4) is 0 Å². The summed E-state index contributed by atoms with van der Waals surface area (Å²) in [5.41, 5.74) is 0.966. The van der Waals surface area contributed by atoms with E-state index >= 15 is 0 Å². The van der Waals surface area contributed by atoms with Gasteiger partial charge in [-0.05, 0) is 20.8 Å². The lowest BCUT2D eigenvalue weighted by atomic mass is 10.1. The molecule has 21 heavy (non-hydrogen) atoms. The van der Waals surface area contributed by atoms with Crippen molar-refractivity contribution in [3.63, 3.8) is 0 Å². The summed E-state index contributed by atoms with van der Waals surface area (Å²) >= 11 is 0. The fourth-order valence-corrected chi connectivity index (χ4v) is 4.49. The largest absolute Gasteiger partial charge is 0.461 e. The molecular weight excluding hydrogens is 296 g/mol. The summed E-state index contributed by atoms with van der Waals surface area (Å²) in [5.74, 6) is -0.569. The Bertz CT molecular complexity index is 644. The van der Waals surface area contributed by atoms with Crippen LogP contribution >= 0.6 is 0 Å². The number of nitrogens with one attached hydrogen (secondary N) is 1. The van der Waals surface area contributed by atoms with Crippen molar-refractivity contribution in [2.75, 3.05) is 26.3 Å². The number of aliphatic hydroxyl groups excluding tert-OH is 1. The maximum absolute atomic E-state index is 12.6. The topological polar surface area (TPSA) is 99.7 Å². The van der Waals surface area contributed by atoms with Crippen LogP contribution < -0.4 is 0 Å². The number of aromatic nitrogens is 1. The van der Waals surface area contributed by atoms with Crippen LogP contribution in [0.2, 0.25) is 0 Å². The van der Waals surface area contributed by atoms with E-state index in [0.29, 0.717) is 24.3 Å². The van der Waals surface area contributed by atoms with Crippen LogP contribution in [0.15, 0.2) is 4.90 Å². The van der Waals surface area contributed by atoms with Gasteiger partial charge in [0.05, 0.1) is 6.61 Å². The molecular formula is C13H20N2O5S. The van der Waals surface area contributed by atoms with Gasteiger partial charge in [-0.1, -0.05) is 0 Å². The fraction of sp³-hybridized carbons (Fsp3) is 0.615. The molecule has 1 saturated heterocycles. The summed E-state index contributed by atoms with van der Waals surface area (Å²) in [6.45, 7) is 5.71. The van der Waals surface area contributed by atoms with E-state index in [1.807, 2.05) is 0 Å². The van der Waals surface area contributed by atoms with Crippen molar-refractivity contribution in [2.45, 2.75) is 25.7 Å². The molecule has 7 nitrogen and oxygen atoms in total. The van der Waals surface area contributed by atoms with Gasteiger partial charge in [-0.2, -0.15) is 4.31 Å². The standard InChI is InChI=1S/C13H20N2O5S/c1-4-20-13(17)11-8(2)12(9(3)14-11)21(18,19)15-5-10(6-15)7-16/h10,14,16H,4-7H2,1-3H3. The van der Waals surface area contributed by atoms with Crippen molar-refractivity contribution in [3.05, 3.63) is 17.0 Å². The molecule has 0 aliphatic carbocycles. The number of aromatic amines is 1. The Hall–Kier alpha value is -1.38. The Labute approximate surface area is 124 Å². The first-order chi connectivity index (χ1) is 9.82. The van der Waals surface area contributed by atoms with E-state index < -0.39 is 16.0 Å². The minimum absolute atomic E-state index is 0.0103. The number of carbonyl (C=O) groups excluding carboxylic acids is 1. The Morgan fingerprint density at radius 2 is 2.05 bits per heavy atom. The van der Waals surface area contributed by atoms with Gasteiger partial charge in [0.15, 0.2) is 0 Å². The van der Waals surface area contributed by atoms with E-state index in [1.54, 1.807) is 20.8 Å². The first-order valence-electron chi connectivity index (χ1n) is 6.80. The molecule has 0 radical (unpaired) electrons. The molecule has 1 aromatic rings. The number of ether oxygens (including phenoxy) is 1. The molecule has 0 bridgehead atoms. The van der Waals surface area contributed by atoms with Crippen LogP contribution in [0.25, 0.3) is 0 Å². The van der Waals surface area contributed by atoms with E-state index in [-0.39, 0.29) is 29.7 Å². The third-order valence-corrected chi connectivity index (χ3v) is 5.73. The van der Waals surface area contributed by atoms with Gasteiger partial charge in [0.1, 0.15) is 10.6 Å². The number of hydrogen-bond donors (Lipinski definition) is 2. The first-order valence-corrected chi connectivity index (χ1v) is 8.24. The van der Waals surface area contributed by atoms with Crippen LogP contribution in [0.4, 0.5) is 0 Å². The third-order valence-electron chi connectivity index (χ3n) is 3.63. The highest BCUT2D eigenvalue weighted by atomic mass is 32.2. The van der Waals surface area contributed by atoms with Crippen LogP contribution in [0.5, 0.6) is 0 Å². The summed E-state index contributed by atoms with van der Waals surface area (Å²) in [5, 5.41) is 9.00. The molecule has 118 valence electrons. The molecule has 0 saturated carbocycles. The van der Waals surface area contributed by atoms with Gasteiger partial charge in [-0.25, -0.2) is 13.2 Å². The summed E-state index contributed by atoms with van der Waals surface area (Å²) in [6.07, 6.45) is 0. The monoisotopic (exact) mass is 316 g/mol. The highest BCUT2D eigenvalue weighted by Gasteiger charge is 2.39. The number of aliphatic hydroxyl groups is 1. The molecule has 8 heteroatoms. The number of H-pyrrole nitrogens is 1. The van der Waals surface area contributed by atoms with Gasteiger partial charge in [-0.3, -0.25) is 0 Å². The number of esters is 1. The molecule has 0 aromatic carbocycles. The predicted octanol–water partition coefficient (Wildman–Crippen LogP) is 0.421. The molecule has 2 heterocycles. The Kier molecular flexibility index (Phi) is 4.40. The second-order valence-corrected chi connectivity index (χ2v) is 7.04. The number of carbonyl (C=O) groups is 1. The SMILES string of the molecule is CCOC(=O)c1[nH]c(C)c(S(=O)(=O)N2CC(CO)C2)c1C. The molecule has 1 aliphatic heterocycles. The zero-order valence-electron chi connectivity index (χ0n) is 12.3. The third kappa shape index (κ3) is 2.70. The normalized spacial score (nSPS) is 16.8. The maximum Gasteiger partial charge on any atom is 0.355 e. The van der Waals surface area contributed by atoms with Crippen molar-refractivity contribution >= 4 is 16.0 Å². The lowest BCUT2D eigenvalue weighted by Crippen LogP contribution is -2.51. The average Bonchev–Trinajstić information content (AvgIpc) is 2.64. The molecule has 1 aliphatic rings. The number of rotatable bonds is 5. The van der Waals surface area contributed by atoms with Crippen LogP contribution in [-0.4, -0.2) is 55.1 Å². The first kappa shape index (κ1) is 16.0. The highest BCUT2D eigenvalue weighted by Crippen LogP contribution is 2.30. The van der Waals surface area contributed by atoms with Crippen LogP contribution in [0.1, 0.15) is 28.7 Å². The average molecular weight is 316 g/mol. The van der Waals surface area contributed by atoms with Crippen LogP contribution in [-0.2, 0) is 14.8 Å². The molecule has 1 fully saturated rings. The van der Waals surface area contributed by atoms with Crippen molar-refractivity contribution in [1.29, 1.82) is 0 Å². The Morgan fingerprint density at radius 3 is 2.57 bits per heavy atom. The van der Waals surface area contributed by atoms with E-state index in [1.165, 1.54) is 4.31 Å². The van der Waals surface area contributed by atoms with Crippen LogP contribution in [0.3, 0.4) is 0 Å². The highest BCUT2D eigenvalue weighted by molar-refractivity contribution is 7.89. The van der Waals surface area contributed by atoms with E-state index in [4.69, 9.17) is 9.84 Å². The summed E-state index contributed by atoms with van der Waals surface area (Å²) in [6, 6.07) is 0. The van der Waals surface area contributed by atoms with Gasteiger partial charge >= 0.3 is 5.97 Å². The minimum Gasteiger partial charge on any atom is -0.461 e. The van der Waals surface area contributed by atoms with Gasteiger partial charge < -0.3 is 14.8 Å². The van der Waals surface area contributed by atoms with Crippen molar-refractivity contribution < 1.29 is 23.1 Å². The summed E-state index contributed by atoms with van der Waals surface area (Å²) in [7, 11) is -3.65. The molecule has 1 aromatic heterocycles. The number of aryl methyl sites for hydroxylation is 1. The quantitative estimate of drug-likeness (QED) is 0.767. The lowest BCUT2D eigenvalue weighted by molar-refractivity contribution is 0.0519. The Morgan fingerprint density at radius 1 is 1.43 bits per heavy atom. The molecule has 0 spiro atoms. The Balaban J connectivity index is 2.34. The molecule has 0 amide bonds. The van der Waals surface area contributed by atoms with Gasteiger partial charge in [0.2, 0.25) is 10.0 Å². The van der Waals surface area contributed by atoms with Gasteiger partial charge in [0.25, 0.3) is 0 Å². The minimum atomic E-state index is -3.65. The molecule has 2 N–H and O–H groups in total. The van der Waals surface area contributed by atoms with Crippen LogP contribution in [0, 0.1) is 19.8 Å². The zero-order chi connectivity index (χ0) is 15.8. The zero-order valence-corrected chi connectivity index (χ0v) is 13.2. The predicted molar refractivity (Wildman–Crippen MR) is 75.6 cm³/mol. The summed E-state index contributed by atoms with van der Waals surface area (Å²) in [4.78, 5) is 14.7. The van der Waals surface area contributed by atoms with Crippen molar-refractivity contribution in [1.82, 2.24) is 9.29 Å². The van der Waals surface area contributed by atoms with E-state index in [9.17, 15) is 13.2 Å². The molecule has 0 atom stereocenters. The number of hydrogen-bond acceptors (Lipinski definition) is 5. The van der Waals surface area contributed by atoms with Gasteiger partial charge in [0, 0.05) is 36.9 Å². The lowest BCUT2D eigenvalue weighted by Gasteiger charge is -2.37. The second-order valence-electron chi connectivity index (χ2n) is 5.17. The number of sulfonamides is 1. The fourth-order valence-electron chi connectivity index (χ4n) is 2.49.